The lowest BCUT2D eigenvalue weighted by molar-refractivity contribution is 0.0480. The highest BCUT2D eigenvalue weighted by atomic mass is 16.5. The number of ether oxygens (including phenoxy) is 2. The normalized spacial score (nSPS) is 10.3. The lowest BCUT2D eigenvalue weighted by Crippen LogP contribution is -2.11. The number of carbonyl (C=O) groups excluding carboxylic acids is 2. The number of carbonyl (C=O) groups is 2. The second-order valence-corrected chi connectivity index (χ2v) is 4.12. The van der Waals surface area contributed by atoms with Gasteiger partial charge < -0.3 is 14.0 Å². The van der Waals surface area contributed by atoms with Crippen molar-refractivity contribution in [2.24, 2.45) is 0 Å². The summed E-state index contributed by atoms with van der Waals surface area (Å²) in [7, 11) is 0. The molecule has 5 nitrogen and oxygen atoms in total. The van der Waals surface area contributed by atoms with Crippen molar-refractivity contribution in [3.05, 3.63) is 23.5 Å². The van der Waals surface area contributed by atoms with Crippen LogP contribution in [0.1, 0.15) is 54.3 Å². The van der Waals surface area contributed by atoms with Gasteiger partial charge in [0.1, 0.15) is 0 Å². The first kappa shape index (κ1) is 15.3. The van der Waals surface area contributed by atoms with E-state index in [1.54, 1.807) is 26.2 Å². The van der Waals surface area contributed by atoms with Crippen LogP contribution in [0.15, 0.2) is 12.4 Å². The Morgan fingerprint density at radius 1 is 1.00 bits per heavy atom. The molecule has 19 heavy (non-hydrogen) atoms. The SMILES string of the molecule is CCCCn1cc(C(=O)OCC)c(C(=O)OCC)c1. The van der Waals surface area contributed by atoms with Crippen molar-refractivity contribution >= 4 is 11.9 Å². The third-order valence-corrected chi connectivity index (χ3v) is 2.64. The maximum Gasteiger partial charge on any atom is 0.340 e. The lowest BCUT2D eigenvalue weighted by atomic mass is 10.2. The zero-order valence-electron chi connectivity index (χ0n) is 11.8. The molecule has 0 saturated carbocycles. The Morgan fingerprint density at radius 2 is 1.47 bits per heavy atom. The molecule has 0 saturated heterocycles. The first-order chi connectivity index (χ1) is 9.13. The summed E-state index contributed by atoms with van der Waals surface area (Å²) >= 11 is 0. The van der Waals surface area contributed by atoms with Crippen molar-refractivity contribution in [2.75, 3.05) is 13.2 Å². The highest BCUT2D eigenvalue weighted by Crippen LogP contribution is 2.15. The molecule has 0 bridgehead atoms. The molecule has 0 unspecified atom stereocenters. The second kappa shape index (κ2) is 7.61. The van der Waals surface area contributed by atoms with E-state index in [4.69, 9.17) is 9.47 Å². The fourth-order valence-electron chi connectivity index (χ4n) is 1.72. The van der Waals surface area contributed by atoms with Gasteiger partial charge in [0.05, 0.1) is 24.3 Å². The molecular formula is C14H21NO4. The zero-order valence-corrected chi connectivity index (χ0v) is 11.8. The molecule has 0 aromatic carbocycles. The van der Waals surface area contributed by atoms with E-state index in [0.717, 1.165) is 19.4 Å². The molecule has 0 N–H and O–H groups in total. The highest BCUT2D eigenvalue weighted by Gasteiger charge is 2.21. The minimum atomic E-state index is -0.485. The van der Waals surface area contributed by atoms with Crippen LogP contribution in [0.5, 0.6) is 0 Å². The summed E-state index contributed by atoms with van der Waals surface area (Å²) < 4.78 is 11.7. The van der Waals surface area contributed by atoms with Gasteiger partial charge in [-0.15, -0.1) is 0 Å². The van der Waals surface area contributed by atoms with Crippen LogP contribution in [0.3, 0.4) is 0 Å². The molecule has 0 radical (unpaired) electrons. The van der Waals surface area contributed by atoms with E-state index in [1.807, 2.05) is 4.57 Å². The van der Waals surface area contributed by atoms with Gasteiger partial charge in [0.25, 0.3) is 0 Å². The molecule has 0 aliphatic carbocycles. The maximum atomic E-state index is 11.8. The summed E-state index contributed by atoms with van der Waals surface area (Å²) in [6.07, 6.45) is 5.33. The van der Waals surface area contributed by atoms with Crippen LogP contribution in [0.2, 0.25) is 0 Å². The predicted molar refractivity (Wildman–Crippen MR) is 71.3 cm³/mol. The molecule has 0 aliphatic rings. The fraction of sp³-hybridized carbons (Fsp3) is 0.571. The van der Waals surface area contributed by atoms with Crippen LogP contribution in [0.4, 0.5) is 0 Å². The number of aromatic nitrogens is 1. The van der Waals surface area contributed by atoms with Gasteiger partial charge >= 0.3 is 11.9 Å². The summed E-state index contributed by atoms with van der Waals surface area (Å²) in [5.41, 5.74) is 0.549. The van der Waals surface area contributed by atoms with E-state index in [-0.39, 0.29) is 24.3 Å². The molecule has 1 heterocycles. The Balaban J connectivity index is 2.99. The minimum Gasteiger partial charge on any atom is -0.462 e. The molecule has 0 spiro atoms. The van der Waals surface area contributed by atoms with E-state index in [9.17, 15) is 9.59 Å². The standard InChI is InChI=1S/C14H21NO4/c1-4-7-8-15-9-11(13(16)18-5-2)12(10-15)14(17)19-6-3/h9-10H,4-8H2,1-3H3. The number of esters is 2. The predicted octanol–water partition coefficient (Wildman–Crippen LogP) is 2.64. The van der Waals surface area contributed by atoms with E-state index in [0.29, 0.717) is 0 Å². The summed E-state index contributed by atoms with van der Waals surface area (Å²) in [6.45, 7) is 6.87. The van der Waals surface area contributed by atoms with Gasteiger partial charge in [-0.3, -0.25) is 0 Å². The topological polar surface area (TPSA) is 57.5 Å². The van der Waals surface area contributed by atoms with Crippen LogP contribution in [0.25, 0.3) is 0 Å². The molecule has 5 heteroatoms. The monoisotopic (exact) mass is 267 g/mol. The van der Waals surface area contributed by atoms with Gasteiger partial charge in [-0.25, -0.2) is 9.59 Å². The van der Waals surface area contributed by atoms with Gasteiger partial charge in [0.2, 0.25) is 0 Å². The highest BCUT2D eigenvalue weighted by molar-refractivity contribution is 6.03. The Labute approximate surface area is 113 Å². The fourth-order valence-corrected chi connectivity index (χ4v) is 1.72. The molecule has 0 atom stereocenters. The van der Waals surface area contributed by atoms with E-state index < -0.39 is 11.9 Å². The maximum absolute atomic E-state index is 11.8. The first-order valence-corrected chi connectivity index (χ1v) is 6.68. The third kappa shape index (κ3) is 4.12. The number of rotatable bonds is 7. The molecule has 1 rings (SSSR count). The van der Waals surface area contributed by atoms with E-state index in [1.165, 1.54) is 0 Å². The molecule has 0 fully saturated rings. The van der Waals surface area contributed by atoms with Crippen LogP contribution in [0, 0.1) is 0 Å². The number of nitrogens with zero attached hydrogens (tertiary/aromatic N) is 1. The van der Waals surface area contributed by atoms with Crippen LogP contribution < -0.4 is 0 Å². The Kier molecular flexibility index (Phi) is 6.12. The van der Waals surface area contributed by atoms with Gasteiger partial charge in [0.15, 0.2) is 0 Å². The number of aryl methyl sites for hydroxylation is 1. The average molecular weight is 267 g/mol. The van der Waals surface area contributed by atoms with Crippen molar-refractivity contribution in [3.8, 4) is 0 Å². The van der Waals surface area contributed by atoms with Crippen molar-refractivity contribution < 1.29 is 19.1 Å². The summed E-state index contributed by atoms with van der Waals surface area (Å²) in [6, 6.07) is 0. The second-order valence-electron chi connectivity index (χ2n) is 4.12. The largest absolute Gasteiger partial charge is 0.462 e. The van der Waals surface area contributed by atoms with E-state index in [2.05, 4.69) is 6.92 Å². The quantitative estimate of drug-likeness (QED) is 0.713. The summed E-state index contributed by atoms with van der Waals surface area (Å²) in [5, 5.41) is 0. The molecule has 1 aromatic heterocycles. The molecule has 106 valence electrons. The number of hydrogen-bond acceptors (Lipinski definition) is 4. The van der Waals surface area contributed by atoms with Gasteiger partial charge in [-0.05, 0) is 20.3 Å². The zero-order chi connectivity index (χ0) is 14.3. The van der Waals surface area contributed by atoms with Crippen LogP contribution >= 0.6 is 0 Å². The number of hydrogen-bond donors (Lipinski definition) is 0. The number of unbranched alkanes of at least 4 members (excludes halogenated alkanes) is 1. The molecule has 1 aromatic rings. The van der Waals surface area contributed by atoms with Crippen molar-refractivity contribution in [1.29, 1.82) is 0 Å². The minimum absolute atomic E-state index is 0.274. The van der Waals surface area contributed by atoms with Crippen molar-refractivity contribution in [3.63, 3.8) is 0 Å². The van der Waals surface area contributed by atoms with E-state index >= 15 is 0 Å². The Bertz CT molecular complexity index is 401. The van der Waals surface area contributed by atoms with Crippen molar-refractivity contribution in [1.82, 2.24) is 4.57 Å². The van der Waals surface area contributed by atoms with Crippen LogP contribution in [-0.2, 0) is 16.0 Å². The van der Waals surface area contributed by atoms with Gasteiger partial charge in [-0.1, -0.05) is 13.3 Å². The van der Waals surface area contributed by atoms with Crippen molar-refractivity contribution in [2.45, 2.75) is 40.2 Å². The lowest BCUT2D eigenvalue weighted by Gasteiger charge is -2.02. The van der Waals surface area contributed by atoms with Gasteiger partial charge in [-0.2, -0.15) is 0 Å². The molecule has 0 amide bonds. The van der Waals surface area contributed by atoms with Crippen LogP contribution in [-0.4, -0.2) is 29.7 Å². The molecular weight excluding hydrogens is 246 g/mol. The third-order valence-electron chi connectivity index (χ3n) is 2.64. The smallest absolute Gasteiger partial charge is 0.340 e. The van der Waals surface area contributed by atoms with Gasteiger partial charge in [0, 0.05) is 18.9 Å². The summed E-state index contributed by atoms with van der Waals surface area (Å²) in [5.74, 6) is -0.971. The first-order valence-electron chi connectivity index (χ1n) is 6.68. The average Bonchev–Trinajstić information content (AvgIpc) is 2.81. The molecule has 0 aliphatic heterocycles. The Morgan fingerprint density at radius 3 is 1.84 bits per heavy atom. The summed E-state index contributed by atoms with van der Waals surface area (Å²) in [4.78, 5) is 23.6. The Hall–Kier alpha value is -1.78.